The topological polar surface area (TPSA) is 502 Å². The van der Waals surface area contributed by atoms with Crippen LogP contribution in [0.15, 0.2) is 125 Å². The second kappa shape index (κ2) is 20.3. The summed E-state index contributed by atoms with van der Waals surface area (Å²) in [6.07, 6.45) is 0. The Labute approximate surface area is 463 Å². The average molecular weight is 1180 g/mol. The summed E-state index contributed by atoms with van der Waals surface area (Å²) in [7, 11) is -10.4. The molecule has 11 rings (SSSR count). The molecule has 0 aliphatic carbocycles. The van der Waals surface area contributed by atoms with Gasteiger partial charge in [0.1, 0.15) is 36.0 Å². The number of rotatable bonds is 14. The SMILES string of the molecule is O=C(O)CN=c1[nH]c(=NCC(=O)O)[nH]c(=Nc2ccc(N3C(=O)c4ccc5c6ccc7c8c(ccc(c9ccc(c4c59)C3=O)c86)C(=O)N(c3ccc(N=c4[nH]c(=NCC(=O)O)[nH]c(=NCC(=O)O)[nH]4)c(S(=O)(=O)O)c3)C7=O)cc2S(=O)(=O)O)[nH]1. The molecule has 0 radical (unpaired) electrons. The third-order valence-corrected chi connectivity index (χ3v) is 14.7. The highest BCUT2D eigenvalue weighted by Crippen LogP contribution is 2.47. The van der Waals surface area contributed by atoms with Crippen LogP contribution in [0.5, 0.6) is 0 Å². The first-order valence-electron chi connectivity index (χ1n) is 23.9. The molecule has 2 aromatic heterocycles. The normalized spacial score (nSPS) is 14.5. The van der Waals surface area contributed by atoms with Gasteiger partial charge in [0.25, 0.3) is 43.9 Å². The van der Waals surface area contributed by atoms with Gasteiger partial charge in [0.2, 0.25) is 33.7 Å². The predicted molar refractivity (Wildman–Crippen MR) is 284 cm³/mol. The lowest BCUT2D eigenvalue weighted by molar-refractivity contribution is -0.136. The van der Waals surface area contributed by atoms with Gasteiger partial charge in [-0.1, -0.05) is 24.3 Å². The largest absolute Gasteiger partial charge is 0.480 e. The van der Waals surface area contributed by atoms with Crippen molar-refractivity contribution in [1.82, 2.24) is 29.9 Å². The summed E-state index contributed by atoms with van der Waals surface area (Å²) in [5, 5.41) is 39.7. The van der Waals surface area contributed by atoms with Crippen molar-refractivity contribution in [2.75, 3.05) is 36.0 Å². The van der Waals surface area contributed by atoms with Crippen LogP contribution in [0.4, 0.5) is 22.7 Å². The lowest BCUT2D eigenvalue weighted by atomic mass is 9.82. The molecule has 12 N–H and O–H groups in total. The third kappa shape index (κ3) is 9.83. The molecule has 0 saturated heterocycles. The highest BCUT2D eigenvalue weighted by atomic mass is 32.2. The van der Waals surface area contributed by atoms with Crippen LogP contribution in [-0.2, 0) is 39.4 Å². The smallest absolute Gasteiger partial charge is 0.325 e. The lowest BCUT2D eigenvalue weighted by Crippen LogP contribution is -2.40. The number of carboxylic acids is 4. The summed E-state index contributed by atoms with van der Waals surface area (Å²) in [5.74, 6) is -9.01. The number of aliphatic carboxylic acids is 4. The Morgan fingerprint density at radius 3 is 0.893 bits per heavy atom. The molecule has 0 unspecified atom stereocenters. The van der Waals surface area contributed by atoms with Crippen LogP contribution in [0.2, 0.25) is 0 Å². The number of aromatic amines is 6. The van der Waals surface area contributed by atoms with E-state index in [1.165, 1.54) is 36.4 Å². The Balaban J connectivity index is 0.979. The van der Waals surface area contributed by atoms with E-state index in [0.29, 0.717) is 42.1 Å². The fourth-order valence-electron chi connectivity index (χ4n) is 9.73. The summed E-state index contributed by atoms with van der Waals surface area (Å²) in [6, 6.07) is 18.2. The van der Waals surface area contributed by atoms with Gasteiger partial charge in [-0.05, 0) is 93.0 Å². The number of benzene rings is 7. The van der Waals surface area contributed by atoms with Crippen molar-refractivity contribution in [3.8, 4) is 0 Å². The molecule has 2 aliphatic heterocycles. The number of anilines is 2. The van der Waals surface area contributed by atoms with Gasteiger partial charge in [0.15, 0.2) is 0 Å². The number of nitrogens with one attached hydrogen (secondary N) is 6. The zero-order valence-corrected chi connectivity index (χ0v) is 43.5. The highest BCUT2D eigenvalue weighted by molar-refractivity contribution is 7.86. The molecule has 0 spiro atoms. The van der Waals surface area contributed by atoms with E-state index in [-0.39, 0.29) is 78.1 Å². The van der Waals surface area contributed by atoms with Crippen LogP contribution in [0.25, 0.3) is 43.1 Å². The van der Waals surface area contributed by atoms with Crippen LogP contribution in [0, 0.1) is 0 Å². The van der Waals surface area contributed by atoms with Gasteiger partial charge in [0, 0.05) is 33.0 Å². The summed E-state index contributed by atoms with van der Waals surface area (Å²) in [6.45, 7) is -3.07. The molecule has 424 valence electrons. The number of imide groups is 2. The minimum absolute atomic E-state index is 0.00365. The van der Waals surface area contributed by atoms with E-state index in [9.17, 15) is 64.3 Å². The van der Waals surface area contributed by atoms with Crippen molar-refractivity contribution >= 4 is 134 Å². The second-order valence-corrected chi connectivity index (χ2v) is 21.0. The van der Waals surface area contributed by atoms with E-state index < -0.39 is 115 Å². The average Bonchev–Trinajstić information content (AvgIpc) is 0.743. The number of hydrogen-bond acceptors (Lipinski definition) is 18. The molecule has 84 heavy (non-hydrogen) atoms. The molecule has 0 atom stereocenters. The summed E-state index contributed by atoms with van der Waals surface area (Å²) in [5.41, 5.74) is -3.51. The van der Waals surface area contributed by atoms with Crippen molar-refractivity contribution in [3.63, 3.8) is 0 Å². The van der Waals surface area contributed by atoms with Crippen LogP contribution in [0.1, 0.15) is 41.4 Å². The van der Waals surface area contributed by atoms with Gasteiger partial charge in [-0.3, -0.25) is 77.4 Å². The Bertz CT molecular complexity index is 4700. The molecular formula is C50H34N14O18S2. The number of H-pyrrole nitrogens is 6. The van der Waals surface area contributed by atoms with Crippen molar-refractivity contribution < 1.29 is 84.7 Å². The number of carbonyl (C=O) groups is 8. The minimum Gasteiger partial charge on any atom is -0.480 e. The number of fused-ring (bicyclic) bond motifs is 2. The van der Waals surface area contributed by atoms with Gasteiger partial charge in [-0.25, -0.2) is 39.8 Å². The van der Waals surface area contributed by atoms with Crippen molar-refractivity contribution in [2.45, 2.75) is 9.79 Å². The number of aromatic nitrogens is 6. The van der Waals surface area contributed by atoms with E-state index in [1.54, 1.807) is 24.3 Å². The zero-order valence-electron chi connectivity index (χ0n) is 41.9. The van der Waals surface area contributed by atoms with Gasteiger partial charge in [0.05, 0.1) is 22.7 Å². The monoisotopic (exact) mass is 1180 g/mol. The Hall–Kier alpha value is -11.4. The first-order chi connectivity index (χ1) is 39.8. The summed E-state index contributed by atoms with van der Waals surface area (Å²) < 4.78 is 72.7. The predicted octanol–water partition coefficient (Wildman–Crippen LogP) is 0.206. The molecule has 32 nitrogen and oxygen atoms in total. The summed E-state index contributed by atoms with van der Waals surface area (Å²) >= 11 is 0. The van der Waals surface area contributed by atoms with Crippen LogP contribution in [0.3, 0.4) is 0 Å². The molecule has 34 heteroatoms. The molecule has 2 aliphatic rings. The molecule has 0 bridgehead atoms. The molecule has 7 aromatic carbocycles. The van der Waals surface area contributed by atoms with E-state index in [2.05, 4.69) is 59.9 Å². The van der Waals surface area contributed by atoms with Crippen molar-refractivity contribution in [3.05, 3.63) is 141 Å². The Morgan fingerprint density at radius 2 is 0.643 bits per heavy atom. The highest BCUT2D eigenvalue weighted by Gasteiger charge is 2.39. The standard InChI is InChI=1S/C50H34N14O18S2/c65-33(66)15-51-45-57-46(52-16-34(67)68)60-49(59-45)55-29-11-1-19(13-31(29)83(77,78)79)63-41(73)25-7-3-21-23-5-9-27-40-28(10-6-24(38(23)40)22-4-8-26(42(63)74)39(25)37(21)22)44(76)64(43(27)75)20-2-12-30(32(14-20)84(80,81)82)56-50-61-47(53-17-35(69)70)58-48(62-50)54-18-36(71)72/h1-14H,15-18H2,(H,65,66)(H,67,68)(H,69,70)(H,71,72)(H,77,78,79)(H,80,81,82)(H3,51,52,55,57,59,60)(H3,53,54,56,58,61,62). The summed E-state index contributed by atoms with van der Waals surface area (Å²) in [4.78, 5) is 142. The quantitative estimate of drug-likeness (QED) is 0.0300. The van der Waals surface area contributed by atoms with E-state index in [1.807, 2.05) is 0 Å². The fourth-order valence-corrected chi connectivity index (χ4v) is 11.0. The van der Waals surface area contributed by atoms with E-state index in [4.69, 9.17) is 20.4 Å². The van der Waals surface area contributed by atoms with Gasteiger partial charge in [-0.2, -0.15) is 16.8 Å². The van der Waals surface area contributed by atoms with Crippen molar-refractivity contribution in [1.29, 1.82) is 0 Å². The van der Waals surface area contributed by atoms with Crippen molar-refractivity contribution in [2.24, 2.45) is 30.0 Å². The second-order valence-electron chi connectivity index (χ2n) is 18.2. The number of hydrogen-bond donors (Lipinski definition) is 12. The molecule has 0 saturated carbocycles. The van der Waals surface area contributed by atoms with E-state index >= 15 is 0 Å². The Morgan fingerprint density at radius 1 is 0.381 bits per heavy atom. The maximum atomic E-state index is 14.6. The zero-order chi connectivity index (χ0) is 59.8. The molecule has 4 heterocycles. The van der Waals surface area contributed by atoms with Gasteiger partial charge >= 0.3 is 23.9 Å². The van der Waals surface area contributed by atoms with E-state index in [0.717, 1.165) is 24.3 Å². The maximum absolute atomic E-state index is 14.6. The molecule has 4 amide bonds. The van der Waals surface area contributed by atoms with Crippen LogP contribution in [-0.4, -0.2) is 150 Å². The van der Waals surface area contributed by atoms with Crippen LogP contribution < -0.4 is 43.5 Å². The third-order valence-electron chi connectivity index (χ3n) is 13.0. The fraction of sp³-hybridized carbons (Fsp3) is 0.0800. The molecule has 0 fully saturated rings. The molecular weight excluding hydrogens is 1150 g/mol. The van der Waals surface area contributed by atoms with Gasteiger partial charge < -0.3 is 20.4 Å². The number of amides is 4. The number of carbonyl (C=O) groups excluding carboxylic acids is 4. The Kier molecular flexibility index (Phi) is 13.2. The first kappa shape index (κ1) is 54.6. The maximum Gasteiger partial charge on any atom is 0.325 e. The minimum atomic E-state index is -5.22. The lowest BCUT2D eigenvalue weighted by Gasteiger charge is -2.30. The number of carboxylic acid groups (broad SMARTS) is 4. The molecule has 9 aromatic rings. The van der Waals surface area contributed by atoms with Gasteiger partial charge in [-0.15, -0.1) is 0 Å². The van der Waals surface area contributed by atoms with Crippen LogP contribution >= 0.6 is 0 Å². The first-order valence-corrected chi connectivity index (χ1v) is 26.8. The number of nitrogens with zero attached hydrogens (tertiary/aromatic N) is 8.